The predicted octanol–water partition coefficient (Wildman–Crippen LogP) is 4.15. The van der Waals surface area contributed by atoms with Crippen LogP contribution >= 0.6 is 0 Å². The number of halogens is 7. The number of rotatable bonds is 12. The predicted molar refractivity (Wildman–Crippen MR) is 97.4 cm³/mol. The molecule has 0 saturated carbocycles. The minimum Gasteiger partial charge on any atom is -0.464 e. The fourth-order valence-corrected chi connectivity index (χ4v) is 5.91. The first-order chi connectivity index (χ1) is 14.3. The highest BCUT2D eigenvalue weighted by Crippen LogP contribution is 2.46. The Hall–Kier alpha value is -1.70. The first kappa shape index (κ1) is 27.3. The van der Waals surface area contributed by atoms with E-state index in [1.54, 1.807) is 32.0 Å². The van der Waals surface area contributed by atoms with Crippen LogP contribution < -0.4 is 5.19 Å². The van der Waals surface area contributed by atoms with E-state index in [0.717, 1.165) is 5.19 Å². The van der Waals surface area contributed by atoms with Gasteiger partial charge in [0.1, 0.15) is 6.61 Å². The van der Waals surface area contributed by atoms with E-state index in [9.17, 15) is 35.5 Å². The molecule has 13 heteroatoms. The van der Waals surface area contributed by atoms with Crippen molar-refractivity contribution in [1.82, 2.24) is 0 Å². The van der Waals surface area contributed by atoms with Crippen molar-refractivity contribution in [2.45, 2.75) is 44.5 Å². The van der Waals surface area contributed by atoms with E-state index >= 15 is 0 Å². The van der Waals surface area contributed by atoms with Crippen molar-refractivity contribution < 1.29 is 53.9 Å². The van der Waals surface area contributed by atoms with Crippen molar-refractivity contribution in [1.29, 1.82) is 0 Å². The van der Waals surface area contributed by atoms with Gasteiger partial charge in [0.25, 0.3) is 0 Å². The normalized spacial score (nSPS) is 13.3. The number of benzene rings is 1. The van der Waals surface area contributed by atoms with Crippen LogP contribution in [-0.2, 0) is 23.1 Å². The van der Waals surface area contributed by atoms with Crippen molar-refractivity contribution in [2.24, 2.45) is 0 Å². The molecule has 0 unspecified atom stereocenters. The molecule has 0 spiro atoms. The summed E-state index contributed by atoms with van der Waals surface area (Å²) in [5.74, 6) is -7.55. The Morgan fingerprint density at radius 2 is 1.42 bits per heavy atom. The zero-order chi connectivity index (χ0) is 23.8. The van der Waals surface area contributed by atoms with E-state index in [1.807, 2.05) is 12.1 Å². The van der Waals surface area contributed by atoms with Crippen molar-refractivity contribution in [3.05, 3.63) is 30.3 Å². The number of hydrogen-bond acceptors (Lipinski definition) is 5. The van der Waals surface area contributed by atoms with Crippen molar-refractivity contribution in [3.8, 4) is 0 Å². The van der Waals surface area contributed by atoms with Crippen LogP contribution in [0.15, 0.2) is 30.3 Å². The summed E-state index contributed by atoms with van der Waals surface area (Å²) in [7, 11) is -2.92. The summed E-state index contributed by atoms with van der Waals surface area (Å²) in [6, 6.07) is 9.30. The number of hydrogen-bond donors (Lipinski definition) is 0. The molecule has 0 aliphatic heterocycles. The van der Waals surface area contributed by atoms with Crippen molar-refractivity contribution in [2.75, 3.05) is 26.4 Å². The van der Waals surface area contributed by atoms with E-state index in [-0.39, 0.29) is 13.0 Å². The van der Waals surface area contributed by atoms with Gasteiger partial charge in [-0.15, -0.1) is 0 Å². The van der Waals surface area contributed by atoms with Gasteiger partial charge in [-0.2, -0.15) is 30.7 Å². The van der Waals surface area contributed by atoms with Gasteiger partial charge in [-0.25, -0.2) is 4.79 Å². The number of esters is 1. The molecule has 1 aromatic carbocycles. The van der Waals surface area contributed by atoms with Gasteiger partial charge in [-0.1, -0.05) is 30.3 Å². The van der Waals surface area contributed by atoms with Crippen LogP contribution in [0, 0.1) is 0 Å². The molecule has 1 aromatic rings. The highest BCUT2D eigenvalue weighted by Gasteiger charge is 2.74. The fraction of sp³-hybridized carbons (Fsp3) is 0.611. The molecule has 0 heterocycles. The van der Waals surface area contributed by atoms with Gasteiger partial charge >= 0.3 is 32.7 Å². The smallest absolute Gasteiger partial charge is 0.458 e. The quantitative estimate of drug-likeness (QED) is 0.195. The van der Waals surface area contributed by atoms with Crippen LogP contribution in [0.5, 0.6) is 0 Å². The second kappa shape index (κ2) is 11.2. The summed E-state index contributed by atoms with van der Waals surface area (Å²) < 4.78 is 107. The fourth-order valence-electron chi connectivity index (χ4n) is 2.67. The number of alkyl halides is 7. The van der Waals surface area contributed by atoms with Gasteiger partial charge in [0.05, 0.1) is 6.61 Å². The Balaban J connectivity index is 2.68. The molecule has 1 rings (SSSR count). The molecule has 0 N–H and O–H groups in total. The zero-order valence-corrected chi connectivity index (χ0v) is 17.8. The number of ether oxygens (including phenoxy) is 2. The molecule has 0 aliphatic rings. The minimum absolute atomic E-state index is 0.145. The van der Waals surface area contributed by atoms with Crippen molar-refractivity contribution in [3.63, 3.8) is 0 Å². The average Bonchev–Trinajstić information content (AvgIpc) is 2.68. The van der Waals surface area contributed by atoms with E-state index in [0.29, 0.717) is 19.3 Å². The summed E-state index contributed by atoms with van der Waals surface area (Å²) >= 11 is 0. The molecule has 178 valence electrons. The molecule has 0 aromatic heterocycles. The molecule has 0 fully saturated rings. The number of carbonyl (C=O) groups is 1. The zero-order valence-electron chi connectivity index (χ0n) is 16.8. The number of carbonyl (C=O) groups excluding carboxylic acids is 1. The maximum absolute atomic E-state index is 13.4. The van der Waals surface area contributed by atoms with Crippen LogP contribution in [0.1, 0.15) is 20.3 Å². The lowest BCUT2D eigenvalue weighted by molar-refractivity contribution is -0.428. The van der Waals surface area contributed by atoms with Gasteiger partial charge in [-0.3, -0.25) is 0 Å². The highest BCUT2D eigenvalue weighted by atomic mass is 28.4. The van der Waals surface area contributed by atoms with Gasteiger partial charge in [0.2, 0.25) is 0 Å². The Morgan fingerprint density at radius 1 is 0.903 bits per heavy atom. The van der Waals surface area contributed by atoms with E-state index in [4.69, 9.17) is 8.85 Å². The molecular formula is C18H23F7O5Si. The summed E-state index contributed by atoms with van der Waals surface area (Å²) in [6.07, 6.45) is -12.7. The third-order valence-electron chi connectivity index (χ3n) is 4.00. The summed E-state index contributed by atoms with van der Waals surface area (Å²) in [6.45, 7) is 1.98. The molecule has 0 atom stereocenters. The highest BCUT2D eigenvalue weighted by molar-refractivity contribution is 6.81. The minimum atomic E-state index is -6.42. The van der Waals surface area contributed by atoms with Crippen LogP contribution in [0.3, 0.4) is 0 Å². The maximum atomic E-state index is 13.4. The third kappa shape index (κ3) is 7.15. The van der Waals surface area contributed by atoms with Crippen LogP contribution in [0.25, 0.3) is 0 Å². The Morgan fingerprint density at radius 3 is 1.87 bits per heavy atom. The molecule has 0 aliphatic carbocycles. The molecule has 5 nitrogen and oxygen atoms in total. The monoisotopic (exact) mass is 480 g/mol. The van der Waals surface area contributed by atoms with Gasteiger partial charge in [0, 0.05) is 13.2 Å². The topological polar surface area (TPSA) is 54.0 Å². The third-order valence-corrected chi connectivity index (χ3v) is 7.73. The second-order valence-electron chi connectivity index (χ2n) is 6.19. The maximum Gasteiger partial charge on any atom is 0.458 e. The lowest BCUT2D eigenvalue weighted by Crippen LogP contribution is -2.55. The summed E-state index contributed by atoms with van der Waals surface area (Å²) in [4.78, 5) is 11.5. The van der Waals surface area contributed by atoms with Gasteiger partial charge in [-0.05, 0) is 31.5 Å². The first-order valence-electron chi connectivity index (χ1n) is 9.28. The molecule has 0 radical (unpaired) electrons. The lowest BCUT2D eigenvalue weighted by Gasteiger charge is -2.30. The molecule has 0 saturated heterocycles. The Labute approximate surface area is 175 Å². The average molecular weight is 480 g/mol. The first-order valence-corrected chi connectivity index (χ1v) is 11.3. The molecular weight excluding hydrogens is 457 g/mol. The largest absolute Gasteiger partial charge is 0.464 e. The van der Waals surface area contributed by atoms with E-state index in [1.165, 1.54) is 0 Å². The molecule has 0 amide bonds. The summed E-state index contributed by atoms with van der Waals surface area (Å²) in [5.41, 5.74) is 0. The lowest BCUT2D eigenvalue weighted by atomic mass is 10.3. The van der Waals surface area contributed by atoms with E-state index < -0.39 is 39.3 Å². The van der Waals surface area contributed by atoms with Crippen molar-refractivity contribution >= 4 is 19.7 Å². The van der Waals surface area contributed by atoms with E-state index in [2.05, 4.69) is 9.47 Å². The Bertz CT molecular complexity index is 662. The van der Waals surface area contributed by atoms with Gasteiger partial charge in [0.15, 0.2) is 0 Å². The standard InChI is InChI=1S/C18H23F7O5Si/c1-3-29-31(30-4-2,14-9-6-5-7-10-14)12-8-11-27-15(26)13-28-16(19,17(20,21)22)18(23,24)25/h5-7,9-10H,3-4,8,11-13H2,1-2H3. The van der Waals surface area contributed by atoms with Crippen LogP contribution in [0.2, 0.25) is 6.04 Å². The van der Waals surface area contributed by atoms with Crippen LogP contribution in [0.4, 0.5) is 30.7 Å². The van der Waals surface area contributed by atoms with Gasteiger partial charge < -0.3 is 18.3 Å². The molecule has 0 bridgehead atoms. The Kier molecular flexibility index (Phi) is 9.92. The second-order valence-corrected chi connectivity index (χ2v) is 9.35. The molecule has 31 heavy (non-hydrogen) atoms. The SMILES string of the molecule is CCO[Si](CCCOC(=O)COC(F)(C(F)(F)F)C(F)(F)F)(OCC)c1ccccc1. The van der Waals surface area contributed by atoms with Crippen LogP contribution in [-0.4, -0.2) is 59.2 Å². The summed E-state index contributed by atoms with van der Waals surface area (Å²) in [5, 5.41) is 0.811.